The molecule has 6 heteroatoms. The average molecular weight is 332 g/mol. The van der Waals surface area contributed by atoms with Crippen molar-refractivity contribution >= 4 is 39.9 Å². The minimum Gasteiger partial charge on any atom is -0.401 e. The highest BCUT2D eigenvalue weighted by Gasteiger charge is 2.53. The van der Waals surface area contributed by atoms with E-state index in [0.717, 1.165) is 15.3 Å². The number of benzene rings is 3. The van der Waals surface area contributed by atoms with Gasteiger partial charge >= 0.3 is 12.9 Å². The number of nitrogens with zero attached hydrogens (tertiary/aromatic N) is 2. The highest BCUT2D eigenvalue weighted by Crippen LogP contribution is 2.41. The number of aromatic nitrogens is 2. The Hall–Kier alpha value is -3.15. The Kier molecular flexibility index (Phi) is 2.15. The van der Waals surface area contributed by atoms with Crippen molar-refractivity contribution in [2.24, 2.45) is 0 Å². The Morgan fingerprint density at radius 1 is 0.840 bits per heavy atom. The lowest BCUT2D eigenvalue weighted by Gasteiger charge is -2.26. The van der Waals surface area contributed by atoms with E-state index in [0.29, 0.717) is 27.7 Å². The number of hydrogen-bond donors (Lipinski definition) is 0. The van der Waals surface area contributed by atoms with Crippen molar-refractivity contribution < 1.29 is 17.5 Å². The lowest BCUT2D eigenvalue weighted by atomic mass is 9.90. The molecular weight excluding hydrogens is 321 g/mol. The van der Waals surface area contributed by atoms with Crippen molar-refractivity contribution in [3.05, 3.63) is 66.7 Å². The molecule has 1 aliphatic rings. The molecule has 0 radical (unpaired) electrons. The van der Waals surface area contributed by atoms with Crippen LogP contribution in [-0.4, -0.2) is 11.4 Å². The zero-order chi connectivity index (χ0) is 16.8. The van der Waals surface area contributed by atoms with Crippen LogP contribution in [0.1, 0.15) is 0 Å². The second-order valence-corrected chi connectivity index (χ2v) is 6.42. The van der Waals surface area contributed by atoms with Crippen LogP contribution in [0, 0.1) is 0 Å². The molecule has 3 nitrogen and oxygen atoms in total. The highest BCUT2D eigenvalue weighted by atomic mass is 19.2. The van der Waals surface area contributed by atoms with Crippen LogP contribution < -0.4 is 4.48 Å². The van der Waals surface area contributed by atoms with Gasteiger partial charge in [-0.15, -0.1) is 0 Å². The molecule has 3 aromatic carbocycles. The summed E-state index contributed by atoms with van der Waals surface area (Å²) >= 11 is 0. The van der Waals surface area contributed by atoms with E-state index in [1.165, 1.54) is 4.48 Å². The van der Waals surface area contributed by atoms with Crippen molar-refractivity contribution in [2.75, 3.05) is 0 Å². The number of oxazole rings is 1. The lowest BCUT2D eigenvalue weighted by Crippen LogP contribution is -2.65. The molecule has 0 atom stereocenters. The normalized spacial score (nSPS) is 15.1. The SMILES string of the molecule is F[B-]1(F)n2c3ccccc3c3cccc(c32)-c2oc3ccccc3[n+]21. The van der Waals surface area contributed by atoms with Gasteiger partial charge in [-0.3, -0.25) is 4.48 Å². The third-order valence-electron chi connectivity index (χ3n) is 5.13. The van der Waals surface area contributed by atoms with Crippen LogP contribution in [0.25, 0.3) is 44.4 Å². The monoisotopic (exact) mass is 332 g/mol. The first-order valence-electron chi connectivity index (χ1n) is 8.15. The average Bonchev–Trinajstić information content (AvgIpc) is 3.18. The summed E-state index contributed by atoms with van der Waals surface area (Å²) in [5.41, 5.74) is 2.64. The van der Waals surface area contributed by atoms with E-state index >= 15 is 8.63 Å². The van der Waals surface area contributed by atoms with Crippen molar-refractivity contribution in [3.63, 3.8) is 0 Å². The molecule has 0 spiro atoms. The van der Waals surface area contributed by atoms with Crippen LogP contribution in [0.4, 0.5) is 8.63 Å². The fourth-order valence-corrected chi connectivity index (χ4v) is 4.16. The van der Waals surface area contributed by atoms with Crippen LogP contribution in [0.2, 0.25) is 0 Å². The van der Waals surface area contributed by atoms with Gasteiger partial charge in [-0.1, -0.05) is 42.5 Å². The Bertz CT molecular complexity index is 1340. The maximum absolute atomic E-state index is 15.7. The van der Waals surface area contributed by atoms with E-state index in [2.05, 4.69) is 0 Å². The van der Waals surface area contributed by atoms with Gasteiger partial charge in [-0.25, -0.2) is 0 Å². The van der Waals surface area contributed by atoms with Gasteiger partial charge in [0, 0.05) is 27.9 Å². The van der Waals surface area contributed by atoms with Gasteiger partial charge in [0.15, 0.2) is 5.58 Å². The first kappa shape index (κ1) is 13.2. The van der Waals surface area contributed by atoms with Crippen LogP contribution in [0.5, 0.6) is 0 Å². The number of para-hydroxylation sites is 4. The molecule has 1 aliphatic heterocycles. The number of hydrogen-bond acceptors (Lipinski definition) is 1. The topological polar surface area (TPSA) is 21.9 Å². The summed E-state index contributed by atoms with van der Waals surface area (Å²) in [6.07, 6.45) is 0. The van der Waals surface area contributed by atoms with E-state index in [9.17, 15) is 0 Å². The van der Waals surface area contributed by atoms with Gasteiger partial charge in [0.25, 0.3) is 0 Å². The fourth-order valence-electron chi connectivity index (χ4n) is 4.16. The third kappa shape index (κ3) is 1.40. The Labute approximate surface area is 140 Å². The van der Waals surface area contributed by atoms with E-state index in [-0.39, 0.29) is 5.89 Å². The van der Waals surface area contributed by atoms with Crippen molar-refractivity contribution in [3.8, 4) is 11.5 Å². The maximum Gasteiger partial charge on any atom is 0.740 e. The predicted molar refractivity (Wildman–Crippen MR) is 93.6 cm³/mol. The minimum atomic E-state index is -4.07. The molecule has 0 aliphatic carbocycles. The van der Waals surface area contributed by atoms with Gasteiger partial charge in [0.2, 0.25) is 5.52 Å². The molecule has 5 aromatic rings. The van der Waals surface area contributed by atoms with E-state index in [4.69, 9.17) is 4.42 Å². The third-order valence-corrected chi connectivity index (χ3v) is 5.13. The quantitative estimate of drug-likeness (QED) is 0.381. The minimum absolute atomic E-state index is 0.215. The smallest absolute Gasteiger partial charge is 0.401 e. The van der Waals surface area contributed by atoms with Crippen LogP contribution in [0.3, 0.4) is 0 Å². The molecular formula is C19H11BF2N2O. The molecule has 6 rings (SSSR count). The maximum atomic E-state index is 15.7. The summed E-state index contributed by atoms with van der Waals surface area (Å²) in [5, 5.41) is 1.65. The van der Waals surface area contributed by atoms with Crippen LogP contribution in [0.15, 0.2) is 71.1 Å². The molecule has 25 heavy (non-hydrogen) atoms. The van der Waals surface area contributed by atoms with Gasteiger partial charge in [0.1, 0.15) is 5.56 Å². The molecule has 0 saturated heterocycles. The Balaban J connectivity index is 1.94. The molecule has 0 N–H and O–H groups in total. The second-order valence-electron chi connectivity index (χ2n) is 6.42. The van der Waals surface area contributed by atoms with E-state index in [1.807, 2.05) is 30.3 Å². The number of fused-ring (bicyclic) bond motifs is 7. The fraction of sp³-hybridized carbons (Fsp3) is 0. The molecule has 0 unspecified atom stereocenters. The van der Waals surface area contributed by atoms with E-state index < -0.39 is 6.97 Å². The lowest BCUT2D eigenvalue weighted by molar-refractivity contribution is -0.534. The summed E-state index contributed by atoms with van der Waals surface area (Å²) in [4.78, 5) is 0. The molecule has 0 bridgehead atoms. The molecule has 2 aromatic heterocycles. The Morgan fingerprint density at radius 3 is 2.52 bits per heavy atom. The largest absolute Gasteiger partial charge is 0.740 e. The first-order valence-corrected chi connectivity index (χ1v) is 8.15. The Morgan fingerprint density at radius 2 is 1.60 bits per heavy atom. The number of halogens is 2. The predicted octanol–water partition coefficient (Wildman–Crippen LogP) is 4.58. The number of rotatable bonds is 0. The van der Waals surface area contributed by atoms with E-state index in [1.54, 1.807) is 36.4 Å². The van der Waals surface area contributed by atoms with Crippen molar-refractivity contribution in [1.82, 2.24) is 4.48 Å². The molecule has 0 saturated carbocycles. The molecule has 0 amide bonds. The van der Waals surface area contributed by atoms with Gasteiger partial charge in [-0.2, -0.15) is 0 Å². The summed E-state index contributed by atoms with van der Waals surface area (Å²) in [6.45, 7) is -4.07. The standard InChI is InChI=1S/C19H11BF2N2O/c21-20(22)23-15-9-2-1-6-12(15)13-7-5-8-14(18(13)23)19-24(20)16-10-3-4-11-17(16)25-19/h1-11H. The van der Waals surface area contributed by atoms with Crippen molar-refractivity contribution in [2.45, 2.75) is 0 Å². The summed E-state index contributed by atoms with van der Waals surface area (Å²) in [7, 11) is 0. The molecule has 3 heterocycles. The van der Waals surface area contributed by atoms with Crippen LogP contribution in [-0.2, 0) is 0 Å². The first-order chi connectivity index (χ1) is 12.2. The molecule has 120 valence electrons. The van der Waals surface area contributed by atoms with Gasteiger partial charge in [-0.05, 0) is 18.2 Å². The summed E-state index contributed by atoms with van der Waals surface area (Å²) in [6, 6.07) is 19.9. The zero-order valence-electron chi connectivity index (χ0n) is 13.0. The highest BCUT2D eigenvalue weighted by molar-refractivity contribution is 6.59. The summed E-state index contributed by atoms with van der Waals surface area (Å²) < 4.78 is 39.5. The van der Waals surface area contributed by atoms with Crippen molar-refractivity contribution in [1.29, 1.82) is 0 Å². The summed E-state index contributed by atoms with van der Waals surface area (Å²) in [5.74, 6) is 0.215. The van der Waals surface area contributed by atoms with Crippen LogP contribution >= 0.6 is 0 Å². The van der Waals surface area contributed by atoms with Gasteiger partial charge in [0.05, 0.1) is 0 Å². The molecule has 0 fully saturated rings. The second kappa shape index (κ2) is 4.09. The zero-order valence-corrected chi connectivity index (χ0v) is 13.0. The van der Waals surface area contributed by atoms with Gasteiger partial charge < -0.3 is 17.5 Å².